The van der Waals surface area contributed by atoms with Crippen molar-refractivity contribution in [2.75, 3.05) is 6.61 Å². The molecule has 0 aromatic carbocycles. The lowest BCUT2D eigenvalue weighted by Gasteiger charge is -1.97. The predicted molar refractivity (Wildman–Crippen MR) is 55.4 cm³/mol. The summed E-state index contributed by atoms with van der Waals surface area (Å²) in [6.07, 6.45) is 2.95. The van der Waals surface area contributed by atoms with E-state index in [0.717, 1.165) is 0 Å². The molecule has 84 valence electrons. The Labute approximate surface area is 89.2 Å². The number of carbonyl (C=O) groups excluding carboxylic acids is 1. The summed E-state index contributed by atoms with van der Waals surface area (Å²) in [4.78, 5) is 21.3. The van der Waals surface area contributed by atoms with E-state index in [4.69, 9.17) is 9.84 Å². The van der Waals surface area contributed by atoms with Crippen LogP contribution < -0.4 is 0 Å². The Hall–Kier alpha value is -1.54. The van der Waals surface area contributed by atoms with Crippen LogP contribution >= 0.6 is 0 Å². The summed E-state index contributed by atoms with van der Waals surface area (Å²) < 4.78 is 4.75. The number of hydrogen-bond acceptors (Lipinski definition) is 3. The van der Waals surface area contributed by atoms with Crippen molar-refractivity contribution < 1.29 is 19.4 Å². The highest BCUT2D eigenvalue weighted by atomic mass is 16.5. The molecule has 0 fully saturated rings. The Balaban J connectivity index is 3.95. The molecule has 0 rings (SSSR count). The van der Waals surface area contributed by atoms with Gasteiger partial charge < -0.3 is 9.84 Å². The lowest BCUT2D eigenvalue weighted by atomic mass is 10.2. The molecule has 0 aliphatic carbocycles. The van der Waals surface area contributed by atoms with Gasteiger partial charge in [0, 0.05) is 6.42 Å². The highest BCUT2D eigenvalue weighted by Gasteiger charge is 2.01. The molecule has 1 N–H and O–H groups in total. The maximum Gasteiger partial charge on any atom is 0.341 e. The van der Waals surface area contributed by atoms with Crippen LogP contribution in [0.4, 0.5) is 0 Å². The van der Waals surface area contributed by atoms with Gasteiger partial charge in [-0.3, -0.25) is 4.79 Å². The molecule has 0 radical (unpaired) electrons. The summed E-state index contributed by atoms with van der Waals surface area (Å²) in [7, 11) is 0. The van der Waals surface area contributed by atoms with Gasteiger partial charge >= 0.3 is 11.9 Å². The van der Waals surface area contributed by atoms with Gasteiger partial charge in [0.25, 0.3) is 0 Å². The van der Waals surface area contributed by atoms with Crippen LogP contribution in [-0.4, -0.2) is 23.7 Å². The molecule has 0 saturated carbocycles. The molecule has 4 nitrogen and oxygen atoms in total. The number of esters is 1. The first-order valence-corrected chi connectivity index (χ1v) is 4.88. The normalized spacial score (nSPS) is 8.93. The van der Waals surface area contributed by atoms with Crippen LogP contribution in [0.15, 0.2) is 17.4 Å². The van der Waals surface area contributed by atoms with E-state index in [1.165, 1.54) is 0 Å². The lowest BCUT2D eigenvalue weighted by Crippen LogP contribution is -2.03. The van der Waals surface area contributed by atoms with Gasteiger partial charge in [-0.2, -0.15) is 0 Å². The largest absolute Gasteiger partial charge is 0.481 e. The average Bonchev–Trinajstić information content (AvgIpc) is 2.16. The van der Waals surface area contributed by atoms with E-state index in [0.29, 0.717) is 25.0 Å². The second kappa shape index (κ2) is 7.83. The van der Waals surface area contributed by atoms with Crippen LogP contribution in [-0.2, 0) is 14.3 Å². The number of carbonyl (C=O) groups is 2. The molecule has 0 atom stereocenters. The zero-order valence-corrected chi connectivity index (χ0v) is 9.08. The molecule has 0 aliphatic heterocycles. The molecule has 0 aromatic heterocycles. The average molecular weight is 212 g/mol. The van der Waals surface area contributed by atoms with E-state index in [2.05, 4.69) is 5.73 Å². The van der Waals surface area contributed by atoms with Crippen LogP contribution in [0.2, 0.25) is 0 Å². The van der Waals surface area contributed by atoms with Gasteiger partial charge in [-0.25, -0.2) is 4.79 Å². The van der Waals surface area contributed by atoms with Gasteiger partial charge in [0.05, 0.1) is 12.2 Å². The third-order valence-electron chi connectivity index (χ3n) is 1.64. The van der Waals surface area contributed by atoms with Crippen molar-refractivity contribution in [2.45, 2.75) is 33.1 Å². The molecule has 0 unspecified atom stereocenters. The number of unbranched alkanes of at least 4 members (excludes halogenated alkanes) is 1. The van der Waals surface area contributed by atoms with Crippen LogP contribution in [0, 0.1) is 0 Å². The number of carboxylic acid groups (broad SMARTS) is 1. The van der Waals surface area contributed by atoms with Gasteiger partial charge in [-0.05, 0) is 32.8 Å². The first kappa shape index (κ1) is 13.5. The van der Waals surface area contributed by atoms with Crippen LogP contribution in [0.1, 0.15) is 33.1 Å². The van der Waals surface area contributed by atoms with E-state index in [-0.39, 0.29) is 12.4 Å². The SMILES string of the molecule is CCOC(=O)C(C)=C=CCCCC(=O)O. The second-order valence-corrected chi connectivity index (χ2v) is 2.98. The highest BCUT2D eigenvalue weighted by Crippen LogP contribution is 1.98. The summed E-state index contributed by atoms with van der Waals surface area (Å²) in [6.45, 7) is 3.70. The van der Waals surface area contributed by atoms with Crippen molar-refractivity contribution in [3.63, 3.8) is 0 Å². The van der Waals surface area contributed by atoms with Crippen molar-refractivity contribution in [3.05, 3.63) is 17.4 Å². The Morgan fingerprint density at radius 1 is 1.47 bits per heavy atom. The minimum Gasteiger partial charge on any atom is -0.481 e. The third-order valence-corrected chi connectivity index (χ3v) is 1.64. The molecule has 4 heteroatoms. The smallest absolute Gasteiger partial charge is 0.341 e. The number of hydrogen-bond donors (Lipinski definition) is 1. The minimum absolute atomic E-state index is 0.136. The fraction of sp³-hybridized carbons (Fsp3) is 0.545. The molecule has 0 heterocycles. The van der Waals surface area contributed by atoms with Crippen LogP contribution in [0.3, 0.4) is 0 Å². The summed E-state index contributed by atoms with van der Waals surface area (Å²) in [6, 6.07) is 0. The topological polar surface area (TPSA) is 63.6 Å². The molecule has 0 aliphatic rings. The van der Waals surface area contributed by atoms with Gasteiger partial charge in [-0.1, -0.05) is 0 Å². The summed E-state index contributed by atoms with van der Waals surface area (Å²) in [5.41, 5.74) is 3.17. The standard InChI is InChI=1S/C11H16O4/c1-3-15-11(14)9(2)7-5-4-6-8-10(12)13/h5H,3-4,6,8H2,1-2H3,(H,12,13). The quantitative estimate of drug-likeness (QED) is 0.316. The monoisotopic (exact) mass is 212 g/mol. The first-order chi connectivity index (χ1) is 7.07. The predicted octanol–water partition coefficient (Wildman–Crippen LogP) is 1.91. The molecule has 15 heavy (non-hydrogen) atoms. The third kappa shape index (κ3) is 7.52. The second-order valence-electron chi connectivity index (χ2n) is 2.98. The molecule has 0 bridgehead atoms. The van der Waals surface area contributed by atoms with Crippen molar-refractivity contribution >= 4 is 11.9 Å². The molecule has 0 spiro atoms. The van der Waals surface area contributed by atoms with Gasteiger partial charge in [0.15, 0.2) is 0 Å². The van der Waals surface area contributed by atoms with Crippen LogP contribution in [0.5, 0.6) is 0 Å². The van der Waals surface area contributed by atoms with Gasteiger partial charge in [0.2, 0.25) is 0 Å². The molecular weight excluding hydrogens is 196 g/mol. The van der Waals surface area contributed by atoms with Gasteiger partial charge in [0.1, 0.15) is 0 Å². The summed E-state index contributed by atoms with van der Waals surface area (Å²) in [5.74, 6) is -1.19. The van der Waals surface area contributed by atoms with Crippen molar-refractivity contribution in [1.82, 2.24) is 0 Å². The van der Waals surface area contributed by atoms with Crippen molar-refractivity contribution in [2.24, 2.45) is 0 Å². The lowest BCUT2D eigenvalue weighted by molar-refractivity contribution is -0.138. The fourth-order valence-electron chi connectivity index (χ4n) is 0.879. The van der Waals surface area contributed by atoms with E-state index < -0.39 is 5.97 Å². The van der Waals surface area contributed by atoms with Crippen molar-refractivity contribution in [1.29, 1.82) is 0 Å². The Morgan fingerprint density at radius 3 is 2.67 bits per heavy atom. The zero-order chi connectivity index (χ0) is 11.7. The Bertz CT molecular complexity index is 285. The maximum atomic E-state index is 11.1. The number of carboxylic acids is 1. The zero-order valence-electron chi connectivity index (χ0n) is 9.08. The summed E-state index contributed by atoms with van der Waals surface area (Å²) in [5, 5.41) is 8.37. The minimum atomic E-state index is -0.811. The van der Waals surface area contributed by atoms with E-state index in [1.807, 2.05) is 0 Å². The number of rotatable bonds is 6. The first-order valence-electron chi connectivity index (χ1n) is 4.88. The van der Waals surface area contributed by atoms with Crippen LogP contribution in [0.25, 0.3) is 0 Å². The van der Waals surface area contributed by atoms with Gasteiger partial charge in [-0.15, -0.1) is 5.73 Å². The molecule has 0 amide bonds. The Kier molecular flexibility index (Phi) is 7.02. The van der Waals surface area contributed by atoms with E-state index in [9.17, 15) is 9.59 Å². The maximum absolute atomic E-state index is 11.1. The summed E-state index contributed by atoms with van der Waals surface area (Å²) >= 11 is 0. The highest BCUT2D eigenvalue weighted by molar-refractivity contribution is 5.87. The molecule has 0 aromatic rings. The molecular formula is C11H16O4. The fourth-order valence-corrected chi connectivity index (χ4v) is 0.879. The van der Waals surface area contributed by atoms with E-state index >= 15 is 0 Å². The number of aliphatic carboxylic acids is 1. The van der Waals surface area contributed by atoms with Crippen molar-refractivity contribution in [3.8, 4) is 0 Å². The molecule has 0 saturated heterocycles. The Morgan fingerprint density at radius 2 is 2.13 bits per heavy atom. The van der Waals surface area contributed by atoms with E-state index in [1.54, 1.807) is 19.9 Å². The number of ether oxygens (including phenoxy) is 1.